The van der Waals surface area contributed by atoms with Crippen molar-refractivity contribution in [2.45, 2.75) is 34.1 Å². The van der Waals surface area contributed by atoms with Crippen molar-refractivity contribution in [3.05, 3.63) is 11.8 Å². The fourth-order valence-electron chi connectivity index (χ4n) is 1.48. The molecule has 1 heterocycles. The number of carbonyl (C=O) groups is 1. The van der Waals surface area contributed by atoms with Gasteiger partial charge in [-0.05, 0) is 17.8 Å². The van der Waals surface area contributed by atoms with Gasteiger partial charge in [-0.1, -0.05) is 27.7 Å². The molecule has 1 rings (SSSR count). The maximum atomic E-state index is 11.3. The predicted molar refractivity (Wildman–Crippen MR) is 71.4 cm³/mol. The summed E-state index contributed by atoms with van der Waals surface area (Å²) in [6, 6.07) is 1.87. The van der Waals surface area contributed by atoms with Crippen molar-refractivity contribution in [3.63, 3.8) is 0 Å². The van der Waals surface area contributed by atoms with Gasteiger partial charge in [-0.15, -0.1) is 0 Å². The molecule has 5 nitrogen and oxygen atoms in total. The molecule has 0 spiro atoms. The Morgan fingerprint density at radius 3 is 2.78 bits per heavy atom. The summed E-state index contributed by atoms with van der Waals surface area (Å²) in [5.74, 6) is 0.882. The average Bonchev–Trinajstić information content (AvgIpc) is 2.64. The van der Waals surface area contributed by atoms with Crippen molar-refractivity contribution >= 4 is 11.7 Å². The molecule has 0 saturated carbocycles. The van der Waals surface area contributed by atoms with Gasteiger partial charge in [-0.2, -0.15) is 5.10 Å². The highest BCUT2D eigenvalue weighted by molar-refractivity contribution is 5.90. The van der Waals surface area contributed by atoms with Crippen molar-refractivity contribution in [1.29, 1.82) is 0 Å². The van der Waals surface area contributed by atoms with Gasteiger partial charge in [0, 0.05) is 18.9 Å². The zero-order valence-electron chi connectivity index (χ0n) is 11.8. The topological polar surface area (TPSA) is 67.0 Å². The Morgan fingerprint density at radius 2 is 2.22 bits per heavy atom. The molecule has 0 saturated heterocycles. The lowest BCUT2D eigenvalue weighted by Crippen LogP contribution is -2.19. The number of methoxy groups -OCH3 is 1. The first-order valence-corrected chi connectivity index (χ1v) is 6.16. The van der Waals surface area contributed by atoms with E-state index in [1.165, 1.54) is 7.11 Å². The van der Waals surface area contributed by atoms with E-state index < -0.39 is 0 Å². The van der Waals surface area contributed by atoms with Gasteiger partial charge in [0.2, 0.25) is 0 Å². The second-order valence-electron chi connectivity index (χ2n) is 5.73. The number of hydrogen-bond donors (Lipinski definition) is 2. The summed E-state index contributed by atoms with van der Waals surface area (Å²) in [5, 5.41) is 9.68. The van der Waals surface area contributed by atoms with Crippen LogP contribution < -0.4 is 5.32 Å². The van der Waals surface area contributed by atoms with Crippen LogP contribution >= 0.6 is 0 Å². The number of H-pyrrole nitrogens is 1. The lowest BCUT2D eigenvalue weighted by atomic mass is 9.79. The number of ether oxygens (including phenoxy) is 1. The molecule has 0 radical (unpaired) electrons. The monoisotopic (exact) mass is 253 g/mol. The van der Waals surface area contributed by atoms with Crippen LogP contribution in [0.25, 0.3) is 0 Å². The summed E-state index contributed by atoms with van der Waals surface area (Å²) >= 11 is 0. The van der Waals surface area contributed by atoms with Crippen molar-refractivity contribution < 1.29 is 9.53 Å². The van der Waals surface area contributed by atoms with E-state index in [4.69, 9.17) is 4.74 Å². The molecule has 5 heteroatoms. The third kappa shape index (κ3) is 4.49. The molecule has 2 N–H and O–H groups in total. The summed E-state index contributed by atoms with van der Waals surface area (Å²) < 4.78 is 4.74. The number of hydrogen-bond acceptors (Lipinski definition) is 3. The summed E-state index contributed by atoms with van der Waals surface area (Å²) in [5.41, 5.74) is 1.29. The summed E-state index contributed by atoms with van der Waals surface area (Å²) in [6.07, 6.45) is 0.913. The number of aromatic amines is 1. The van der Waals surface area contributed by atoms with Gasteiger partial charge in [0.05, 0.1) is 0 Å². The van der Waals surface area contributed by atoms with Crippen LogP contribution in [0, 0.1) is 11.3 Å². The Bertz CT molecular complexity index is 393. The number of carbonyl (C=O) groups excluding carboxylic acids is 1. The van der Waals surface area contributed by atoms with E-state index >= 15 is 0 Å². The highest BCUT2D eigenvalue weighted by Crippen LogP contribution is 2.28. The van der Waals surface area contributed by atoms with Gasteiger partial charge in [0.25, 0.3) is 5.91 Å². The first kappa shape index (κ1) is 14.7. The zero-order valence-corrected chi connectivity index (χ0v) is 11.8. The third-order valence-corrected chi connectivity index (χ3v) is 3.18. The second-order valence-corrected chi connectivity index (χ2v) is 5.73. The molecule has 0 aliphatic carbocycles. The number of rotatable bonds is 5. The van der Waals surface area contributed by atoms with Crippen LogP contribution in [-0.4, -0.2) is 29.8 Å². The quantitative estimate of drug-likeness (QED) is 0.845. The molecular weight excluding hydrogens is 230 g/mol. The standard InChI is InChI=1S/C13H23N3O2/c1-9(13(2,3)4)6-10-7-11(16-15-10)14-12(17)8-18-5/h7,9H,6,8H2,1-5H3,(H2,14,15,16,17). The highest BCUT2D eigenvalue weighted by Gasteiger charge is 2.21. The van der Waals surface area contributed by atoms with Gasteiger partial charge in [0.1, 0.15) is 6.61 Å². The van der Waals surface area contributed by atoms with E-state index in [1.807, 2.05) is 6.07 Å². The van der Waals surface area contributed by atoms with Crippen molar-refractivity contribution in [2.24, 2.45) is 11.3 Å². The molecule has 0 aliphatic heterocycles. The van der Waals surface area contributed by atoms with E-state index in [-0.39, 0.29) is 17.9 Å². The molecule has 0 bridgehead atoms. The maximum absolute atomic E-state index is 11.3. The first-order chi connectivity index (χ1) is 8.32. The Hall–Kier alpha value is -1.36. The molecule has 1 aromatic rings. The van der Waals surface area contributed by atoms with Crippen molar-refractivity contribution in [2.75, 3.05) is 19.0 Å². The van der Waals surface area contributed by atoms with Gasteiger partial charge < -0.3 is 10.1 Å². The number of aromatic nitrogens is 2. The summed E-state index contributed by atoms with van der Waals surface area (Å²) in [6.45, 7) is 8.91. The Balaban J connectivity index is 2.56. The molecule has 1 atom stereocenters. The Kier molecular flexibility index (Phi) is 4.90. The molecule has 102 valence electrons. The Morgan fingerprint density at radius 1 is 1.56 bits per heavy atom. The van der Waals surface area contributed by atoms with Crippen molar-refractivity contribution in [3.8, 4) is 0 Å². The largest absolute Gasteiger partial charge is 0.375 e. The van der Waals surface area contributed by atoms with E-state index in [0.717, 1.165) is 12.1 Å². The van der Waals surface area contributed by atoms with Gasteiger partial charge in [-0.25, -0.2) is 0 Å². The van der Waals surface area contributed by atoms with E-state index in [0.29, 0.717) is 11.7 Å². The highest BCUT2D eigenvalue weighted by atomic mass is 16.5. The maximum Gasteiger partial charge on any atom is 0.251 e. The first-order valence-electron chi connectivity index (χ1n) is 6.16. The molecule has 1 unspecified atom stereocenters. The SMILES string of the molecule is COCC(=O)Nc1cc(CC(C)C(C)(C)C)[nH]n1. The minimum absolute atomic E-state index is 0.0422. The van der Waals surface area contributed by atoms with E-state index in [1.54, 1.807) is 0 Å². The summed E-state index contributed by atoms with van der Waals surface area (Å²) in [7, 11) is 1.49. The van der Waals surface area contributed by atoms with Crippen LogP contribution in [0.4, 0.5) is 5.82 Å². The fourth-order valence-corrected chi connectivity index (χ4v) is 1.48. The van der Waals surface area contributed by atoms with E-state index in [9.17, 15) is 4.79 Å². The van der Waals surface area contributed by atoms with Crippen LogP contribution in [0.1, 0.15) is 33.4 Å². The van der Waals surface area contributed by atoms with Crippen LogP contribution in [-0.2, 0) is 16.0 Å². The molecule has 0 aromatic carbocycles. The minimum atomic E-state index is -0.195. The number of nitrogens with one attached hydrogen (secondary N) is 2. The lowest BCUT2D eigenvalue weighted by molar-refractivity contribution is -0.119. The molecule has 0 fully saturated rings. The second kappa shape index (κ2) is 6.00. The lowest BCUT2D eigenvalue weighted by Gasteiger charge is -2.26. The molecule has 18 heavy (non-hydrogen) atoms. The van der Waals surface area contributed by atoms with Crippen LogP contribution in [0.2, 0.25) is 0 Å². The minimum Gasteiger partial charge on any atom is -0.375 e. The van der Waals surface area contributed by atoms with Gasteiger partial charge in [-0.3, -0.25) is 9.89 Å². The number of amides is 1. The number of anilines is 1. The smallest absolute Gasteiger partial charge is 0.251 e. The zero-order chi connectivity index (χ0) is 13.8. The van der Waals surface area contributed by atoms with Crippen LogP contribution in [0.3, 0.4) is 0 Å². The van der Waals surface area contributed by atoms with E-state index in [2.05, 4.69) is 43.2 Å². The van der Waals surface area contributed by atoms with Crippen molar-refractivity contribution in [1.82, 2.24) is 10.2 Å². The molecule has 1 aromatic heterocycles. The third-order valence-electron chi connectivity index (χ3n) is 3.18. The normalized spacial score (nSPS) is 13.4. The van der Waals surface area contributed by atoms with Crippen LogP contribution in [0.15, 0.2) is 6.07 Å². The van der Waals surface area contributed by atoms with Gasteiger partial charge >= 0.3 is 0 Å². The Labute approximate surface area is 108 Å². The molecule has 1 amide bonds. The summed E-state index contributed by atoms with van der Waals surface area (Å²) in [4.78, 5) is 11.3. The average molecular weight is 253 g/mol. The predicted octanol–water partition coefficient (Wildman–Crippen LogP) is 2.22. The van der Waals surface area contributed by atoms with Gasteiger partial charge in [0.15, 0.2) is 5.82 Å². The molecular formula is C13H23N3O2. The number of nitrogens with zero attached hydrogens (tertiary/aromatic N) is 1. The van der Waals surface area contributed by atoms with Crippen LogP contribution in [0.5, 0.6) is 0 Å². The molecule has 0 aliphatic rings. The fraction of sp³-hybridized carbons (Fsp3) is 0.692.